The van der Waals surface area contributed by atoms with Crippen LogP contribution in [0.25, 0.3) is 16.9 Å². The molecule has 4 rings (SSSR count). The number of nitrogens with two attached hydrogens (primary N) is 1. The van der Waals surface area contributed by atoms with Crippen molar-refractivity contribution in [2.45, 2.75) is 18.4 Å². The predicted molar refractivity (Wildman–Crippen MR) is 128 cm³/mol. The number of sulfonamides is 1. The molecule has 0 aliphatic carbocycles. The van der Waals surface area contributed by atoms with Gasteiger partial charge < -0.3 is 9.88 Å². The summed E-state index contributed by atoms with van der Waals surface area (Å²) in [5, 5.41) is 8.76. The van der Waals surface area contributed by atoms with E-state index in [1.165, 1.54) is 12.1 Å². The summed E-state index contributed by atoms with van der Waals surface area (Å²) in [6.07, 6.45) is 3.37. The van der Waals surface area contributed by atoms with Crippen LogP contribution in [0.5, 0.6) is 0 Å². The van der Waals surface area contributed by atoms with E-state index in [0.717, 1.165) is 16.8 Å². The molecule has 0 bridgehead atoms. The lowest BCUT2D eigenvalue weighted by molar-refractivity contribution is 0.0950. The monoisotopic (exact) mass is 480 g/mol. The highest BCUT2D eigenvalue weighted by molar-refractivity contribution is 7.89. The second kappa shape index (κ2) is 9.19. The molecule has 4 aromatic rings. The van der Waals surface area contributed by atoms with Crippen molar-refractivity contribution in [1.82, 2.24) is 14.9 Å². The Morgan fingerprint density at radius 2 is 1.79 bits per heavy atom. The van der Waals surface area contributed by atoms with Crippen LogP contribution in [0.15, 0.2) is 84.0 Å². The first-order valence-electron chi connectivity index (χ1n) is 10.0. The molecule has 3 N–H and O–H groups in total. The third-order valence-electron chi connectivity index (χ3n) is 5.23. The van der Waals surface area contributed by atoms with Crippen LogP contribution in [-0.4, -0.2) is 23.9 Å². The number of hydrogen-bond donors (Lipinski definition) is 2. The van der Waals surface area contributed by atoms with Crippen molar-refractivity contribution in [2.75, 3.05) is 0 Å². The number of halogens is 1. The molecule has 0 unspecified atom stereocenters. The van der Waals surface area contributed by atoms with Gasteiger partial charge in [-0.1, -0.05) is 29.8 Å². The smallest absolute Gasteiger partial charge is 0.253 e. The van der Waals surface area contributed by atoms with Gasteiger partial charge in [0.1, 0.15) is 0 Å². The molecule has 0 radical (unpaired) electrons. The zero-order chi connectivity index (χ0) is 23.6. The average Bonchev–Trinajstić information content (AvgIpc) is 3.15. The van der Waals surface area contributed by atoms with E-state index in [0.29, 0.717) is 28.5 Å². The molecule has 7 nitrogen and oxygen atoms in total. The average molecular weight is 481 g/mol. The third kappa shape index (κ3) is 4.98. The van der Waals surface area contributed by atoms with Crippen molar-refractivity contribution >= 4 is 27.5 Å². The molecule has 0 aliphatic rings. The molecule has 2 aromatic carbocycles. The van der Waals surface area contributed by atoms with Gasteiger partial charge in [-0.3, -0.25) is 9.78 Å². The van der Waals surface area contributed by atoms with Crippen LogP contribution in [0, 0.1) is 6.92 Å². The fourth-order valence-corrected chi connectivity index (χ4v) is 4.21. The summed E-state index contributed by atoms with van der Waals surface area (Å²) in [6, 6.07) is 19.0. The third-order valence-corrected chi connectivity index (χ3v) is 6.41. The van der Waals surface area contributed by atoms with Gasteiger partial charge in [-0.15, -0.1) is 0 Å². The quantitative estimate of drug-likeness (QED) is 0.433. The van der Waals surface area contributed by atoms with E-state index >= 15 is 0 Å². The van der Waals surface area contributed by atoms with Gasteiger partial charge in [0.25, 0.3) is 5.91 Å². The van der Waals surface area contributed by atoms with E-state index in [-0.39, 0.29) is 10.8 Å². The lowest BCUT2D eigenvalue weighted by Crippen LogP contribution is -2.23. The number of hydrogen-bond acceptors (Lipinski definition) is 4. The Hall–Kier alpha value is -3.46. The number of aromatic nitrogens is 2. The van der Waals surface area contributed by atoms with Crippen molar-refractivity contribution in [3.63, 3.8) is 0 Å². The van der Waals surface area contributed by atoms with Crippen LogP contribution < -0.4 is 10.5 Å². The summed E-state index contributed by atoms with van der Waals surface area (Å²) in [4.78, 5) is 17.1. The van der Waals surface area contributed by atoms with Crippen LogP contribution in [0.4, 0.5) is 0 Å². The van der Waals surface area contributed by atoms with E-state index in [1.807, 2.05) is 41.8 Å². The molecule has 33 heavy (non-hydrogen) atoms. The Morgan fingerprint density at radius 3 is 2.39 bits per heavy atom. The first-order chi connectivity index (χ1) is 15.7. The normalized spacial score (nSPS) is 11.4. The Morgan fingerprint density at radius 1 is 1.09 bits per heavy atom. The fraction of sp³-hybridized carbons (Fsp3) is 0.0833. The van der Waals surface area contributed by atoms with E-state index in [9.17, 15) is 13.2 Å². The molecule has 168 valence electrons. The summed E-state index contributed by atoms with van der Waals surface area (Å²) >= 11 is 6.06. The first-order valence-corrected chi connectivity index (χ1v) is 11.9. The number of pyridine rings is 1. The van der Waals surface area contributed by atoms with Gasteiger partial charge in [0, 0.05) is 35.3 Å². The predicted octanol–water partition coefficient (Wildman–Crippen LogP) is 4.08. The molecule has 0 fully saturated rings. The molecule has 9 heteroatoms. The molecular formula is C24H21ClN4O3S. The number of amides is 1. The van der Waals surface area contributed by atoms with Crippen LogP contribution in [-0.2, 0) is 16.6 Å². The van der Waals surface area contributed by atoms with Crippen LogP contribution >= 0.6 is 11.6 Å². The molecule has 2 aromatic heterocycles. The molecule has 0 saturated heterocycles. The Labute approximate surface area is 196 Å². The topological polar surface area (TPSA) is 107 Å². The molecule has 0 atom stereocenters. The molecule has 1 amide bonds. The number of carbonyl (C=O) groups excluding carboxylic acids is 1. The van der Waals surface area contributed by atoms with Crippen molar-refractivity contribution < 1.29 is 13.2 Å². The maximum atomic E-state index is 13.0. The summed E-state index contributed by atoms with van der Waals surface area (Å²) in [5.74, 6) is -0.230. The largest absolute Gasteiger partial charge is 0.348 e. The van der Waals surface area contributed by atoms with Crippen LogP contribution in [0.3, 0.4) is 0 Å². The molecule has 0 aliphatic heterocycles. The number of nitrogens with zero attached hydrogens (tertiary/aromatic N) is 2. The van der Waals surface area contributed by atoms with Gasteiger partial charge in [-0.25, -0.2) is 13.6 Å². The van der Waals surface area contributed by atoms with Gasteiger partial charge in [0.2, 0.25) is 10.0 Å². The highest BCUT2D eigenvalue weighted by Gasteiger charge is 2.20. The SMILES string of the molecule is Cc1c(C(=O)NCc2cccnc2)cc(-c2ccc(Cl)cc2)n1-c1ccc(S(N)(=O)=O)cc1. The highest BCUT2D eigenvalue weighted by Crippen LogP contribution is 2.31. The maximum Gasteiger partial charge on any atom is 0.253 e. The summed E-state index contributed by atoms with van der Waals surface area (Å²) in [5.41, 5.74) is 4.39. The highest BCUT2D eigenvalue weighted by atomic mass is 35.5. The van der Waals surface area contributed by atoms with E-state index in [4.69, 9.17) is 16.7 Å². The Balaban J connectivity index is 1.76. The first kappa shape index (κ1) is 22.7. The zero-order valence-corrected chi connectivity index (χ0v) is 19.3. The maximum absolute atomic E-state index is 13.0. The van der Waals surface area contributed by atoms with E-state index in [1.54, 1.807) is 36.7 Å². The molecular weight excluding hydrogens is 460 g/mol. The molecule has 0 spiro atoms. The van der Waals surface area contributed by atoms with Gasteiger partial charge in [-0.2, -0.15) is 0 Å². The number of carbonyl (C=O) groups is 1. The van der Waals surface area contributed by atoms with Crippen molar-refractivity contribution in [2.24, 2.45) is 5.14 Å². The lowest BCUT2D eigenvalue weighted by Gasteiger charge is -2.13. The summed E-state index contributed by atoms with van der Waals surface area (Å²) in [7, 11) is -3.81. The van der Waals surface area contributed by atoms with Gasteiger partial charge in [0.15, 0.2) is 0 Å². The van der Waals surface area contributed by atoms with Gasteiger partial charge >= 0.3 is 0 Å². The number of benzene rings is 2. The minimum absolute atomic E-state index is 0.0125. The van der Waals surface area contributed by atoms with E-state index < -0.39 is 10.0 Å². The second-order valence-electron chi connectivity index (χ2n) is 7.45. The number of rotatable bonds is 6. The minimum Gasteiger partial charge on any atom is -0.348 e. The number of primary sulfonamides is 1. The zero-order valence-electron chi connectivity index (χ0n) is 17.7. The molecule has 0 saturated carbocycles. The fourth-order valence-electron chi connectivity index (χ4n) is 3.57. The van der Waals surface area contributed by atoms with Crippen LogP contribution in [0.2, 0.25) is 5.02 Å². The second-order valence-corrected chi connectivity index (χ2v) is 9.45. The van der Waals surface area contributed by atoms with Gasteiger partial charge in [0.05, 0.1) is 16.2 Å². The van der Waals surface area contributed by atoms with E-state index in [2.05, 4.69) is 10.3 Å². The van der Waals surface area contributed by atoms with Crippen molar-refractivity contribution in [3.05, 3.63) is 101 Å². The molecule has 2 heterocycles. The minimum atomic E-state index is -3.81. The summed E-state index contributed by atoms with van der Waals surface area (Å²) < 4.78 is 25.2. The lowest BCUT2D eigenvalue weighted by atomic mass is 10.1. The summed E-state index contributed by atoms with van der Waals surface area (Å²) in [6.45, 7) is 2.18. The van der Waals surface area contributed by atoms with Gasteiger partial charge in [-0.05, 0) is 66.6 Å². The van der Waals surface area contributed by atoms with Crippen molar-refractivity contribution in [3.8, 4) is 16.9 Å². The standard InChI is InChI=1S/C24H21ClN4O3S/c1-16-22(24(30)28-15-17-3-2-12-27-14-17)13-23(18-4-6-19(25)7-5-18)29(16)20-8-10-21(11-9-20)33(26,31)32/h2-14H,15H2,1H3,(H,28,30)(H2,26,31,32). The Kier molecular flexibility index (Phi) is 6.33. The number of nitrogens with one attached hydrogen (secondary N) is 1. The van der Waals surface area contributed by atoms with Crippen molar-refractivity contribution in [1.29, 1.82) is 0 Å². The Bertz CT molecular complexity index is 1400. The van der Waals surface area contributed by atoms with Crippen LogP contribution in [0.1, 0.15) is 21.6 Å².